The number of aryl methyl sites for hydroxylation is 1. The molecule has 3 fully saturated rings. The van der Waals surface area contributed by atoms with Gasteiger partial charge in [0.05, 0.1) is 18.1 Å². The van der Waals surface area contributed by atoms with Gasteiger partial charge in [-0.15, -0.1) is 0 Å². The molecule has 3 aliphatic rings. The van der Waals surface area contributed by atoms with Crippen molar-refractivity contribution in [2.24, 2.45) is 11.3 Å². The second-order valence-corrected chi connectivity index (χ2v) is 12.7. The molecule has 43 heavy (non-hydrogen) atoms. The average molecular weight is 590 g/mol. The molecule has 2 amide bonds. The molecule has 0 radical (unpaired) electrons. The molecule has 0 unspecified atom stereocenters. The van der Waals surface area contributed by atoms with Crippen molar-refractivity contribution in [3.05, 3.63) is 88.0 Å². The summed E-state index contributed by atoms with van der Waals surface area (Å²) in [5, 5.41) is 3.26. The lowest BCUT2D eigenvalue weighted by molar-refractivity contribution is 0.0205. The fourth-order valence-corrected chi connectivity index (χ4v) is 7.81. The molecule has 1 aliphatic carbocycles. The molecule has 1 N–H and O–H groups in total. The van der Waals surface area contributed by atoms with Crippen molar-refractivity contribution in [2.75, 3.05) is 26.7 Å². The van der Waals surface area contributed by atoms with Gasteiger partial charge in [-0.3, -0.25) is 9.36 Å². The molecular formula is C34H41F2N5O2. The number of nitrogens with one attached hydrogen (secondary N) is 1. The summed E-state index contributed by atoms with van der Waals surface area (Å²) in [7, 11) is 1.87. The van der Waals surface area contributed by atoms with Gasteiger partial charge in [-0.2, -0.15) is 0 Å². The molecule has 3 heterocycles. The van der Waals surface area contributed by atoms with Crippen LogP contribution in [0.2, 0.25) is 0 Å². The molecule has 6 rings (SSSR count). The molecule has 228 valence electrons. The monoisotopic (exact) mass is 589 g/mol. The van der Waals surface area contributed by atoms with Crippen LogP contribution in [0.5, 0.6) is 0 Å². The smallest absolute Gasteiger partial charge is 0.320 e. The maximum atomic E-state index is 15.0. The van der Waals surface area contributed by atoms with Crippen LogP contribution in [0, 0.1) is 29.9 Å². The number of piperidine rings is 2. The van der Waals surface area contributed by atoms with Crippen molar-refractivity contribution in [1.29, 1.82) is 0 Å². The second-order valence-electron chi connectivity index (χ2n) is 12.7. The number of benzene rings is 2. The molecule has 1 spiro atoms. The summed E-state index contributed by atoms with van der Waals surface area (Å²) in [6.45, 7) is 4.25. The third-order valence-electron chi connectivity index (χ3n) is 10.3. The lowest BCUT2D eigenvalue weighted by Gasteiger charge is -2.49. The van der Waals surface area contributed by atoms with Crippen LogP contribution in [0.3, 0.4) is 0 Å². The van der Waals surface area contributed by atoms with Crippen LogP contribution in [-0.2, 0) is 6.54 Å². The SMILES string of the molecule is CN[C@@H]1CCN(C(=O)N2CC[C@@H](Cn3cnc(-c4ccccc4C)cc3=O)C3(CCCC3)C2)[C@H](c2cc(F)ccc2F)C1. The van der Waals surface area contributed by atoms with Gasteiger partial charge < -0.3 is 15.1 Å². The molecular weight excluding hydrogens is 548 g/mol. The molecule has 2 aromatic carbocycles. The van der Waals surface area contributed by atoms with Crippen LogP contribution >= 0.6 is 0 Å². The Labute approximate surface area is 251 Å². The largest absolute Gasteiger partial charge is 0.324 e. The Balaban J connectivity index is 1.21. The molecule has 2 aliphatic heterocycles. The van der Waals surface area contributed by atoms with E-state index >= 15 is 0 Å². The maximum absolute atomic E-state index is 15.0. The number of carbonyl (C=O) groups is 1. The van der Waals surface area contributed by atoms with Gasteiger partial charge in [-0.25, -0.2) is 18.6 Å². The van der Waals surface area contributed by atoms with Gasteiger partial charge in [0.15, 0.2) is 0 Å². The second kappa shape index (κ2) is 12.2. The lowest BCUT2D eigenvalue weighted by Crippen LogP contribution is -2.57. The molecule has 3 aromatic rings. The predicted octanol–water partition coefficient (Wildman–Crippen LogP) is 5.92. The van der Waals surface area contributed by atoms with Crippen LogP contribution < -0.4 is 10.9 Å². The highest BCUT2D eigenvalue weighted by Gasteiger charge is 2.47. The van der Waals surface area contributed by atoms with Crippen molar-refractivity contribution in [1.82, 2.24) is 24.7 Å². The van der Waals surface area contributed by atoms with E-state index in [1.807, 2.05) is 43.1 Å². The van der Waals surface area contributed by atoms with Gasteiger partial charge in [-0.05, 0) is 81.2 Å². The highest BCUT2D eigenvalue weighted by molar-refractivity contribution is 5.75. The van der Waals surface area contributed by atoms with Crippen molar-refractivity contribution >= 4 is 6.03 Å². The maximum Gasteiger partial charge on any atom is 0.320 e. The number of nitrogens with zero attached hydrogens (tertiary/aromatic N) is 4. The Morgan fingerprint density at radius 2 is 1.86 bits per heavy atom. The number of hydrogen-bond donors (Lipinski definition) is 1. The Kier molecular flexibility index (Phi) is 8.36. The van der Waals surface area contributed by atoms with E-state index in [1.165, 1.54) is 6.07 Å². The third kappa shape index (κ3) is 5.84. The third-order valence-corrected chi connectivity index (χ3v) is 10.3. The first-order valence-corrected chi connectivity index (χ1v) is 15.6. The van der Waals surface area contributed by atoms with E-state index in [-0.39, 0.29) is 34.5 Å². The summed E-state index contributed by atoms with van der Waals surface area (Å²) < 4.78 is 30.9. The fraction of sp³-hybridized carbons (Fsp3) is 0.500. The van der Waals surface area contributed by atoms with E-state index in [2.05, 4.69) is 10.3 Å². The quantitative estimate of drug-likeness (QED) is 0.401. The van der Waals surface area contributed by atoms with E-state index in [0.717, 1.165) is 61.8 Å². The van der Waals surface area contributed by atoms with Crippen LogP contribution in [0.25, 0.3) is 11.3 Å². The fourth-order valence-electron chi connectivity index (χ4n) is 7.81. The molecule has 3 atom stereocenters. The summed E-state index contributed by atoms with van der Waals surface area (Å²) in [5.41, 5.74) is 2.81. The molecule has 9 heteroatoms. The van der Waals surface area contributed by atoms with Gasteiger partial charge in [-0.1, -0.05) is 37.1 Å². The Hall–Kier alpha value is -3.59. The van der Waals surface area contributed by atoms with Crippen LogP contribution in [0.4, 0.5) is 13.6 Å². The van der Waals surface area contributed by atoms with Crippen LogP contribution in [0.1, 0.15) is 62.1 Å². The van der Waals surface area contributed by atoms with Crippen LogP contribution in [-0.4, -0.2) is 58.1 Å². The summed E-state index contributed by atoms with van der Waals surface area (Å²) in [6, 6.07) is 12.5. The number of halogens is 2. The van der Waals surface area contributed by atoms with Crippen LogP contribution in [0.15, 0.2) is 59.7 Å². The normalized spacial score (nSPS) is 23.6. The summed E-state index contributed by atoms with van der Waals surface area (Å²) in [6.07, 6.45) is 7.96. The van der Waals surface area contributed by atoms with E-state index in [1.54, 1.807) is 21.9 Å². The standard InChI is InChI=1S/C34H41F2N5O2/c1-23-7-3-4-8-27(23)30-19-32(42)40(22-38-30)20-24-11-15-39(21-34(24)13-5-6-14-34)33(43)41-16-12-26(37-2)18-31(41)28-17-25(35)9-10-29(28)36/h3-4,7-10,17,19,22,24,26,31,37H,5-6,11-16,18,20-21H2,1-2H3/t24-,26+,31-/m0/s1. The minimum Gasteiger partial charge on any atom is -0.324 e. The van der Waals surface area contributed by atoms with Crippen molar-refractivity contribution < 1.29 is 13.6 Å². The van der Waals surface area contributed by atoms with Gasteiger partial charge in [0.2, 0.25) is 0 Å². The lowest BCUT2D eigenvalue weighted by atomic mass is 9.69. The first-order valence-electron chi connectivity index (χ1n) is 15.6. The summed E-state index contributed by atoms with van der Waals surface area (Å²) >= 11 is 0. The van der Waals surface area contributed by atoms with Crippen molar-refractivity contribution in [3.63, 3.8) is 0 Å². The number of likely N-dealkylation sites (tertiary alicyclic amines) is 2. The number of aromatic nitrogens is 2. The number of urea groups is 1. The minimum absolute atomic E-state index is 0.0627. The highest BCUT2D eigenvalue weighted by Crippen LogP contribution is 2.49. The number of hydrogen-bond acceptors (Lipinski definition) is 4. The zero-order valence-corrected chi connectivity index (χ0v) is 25.1. The average Bonchev–Trinajstić information content (AvgIpc) is 3.48. The number of carbonyl (C=O) groups excluding carboxylic acids is 1. The minimum atomic E-state index is -0.539. The van der Waals surface area contributed by atoms with E-state index in [0.29, 0.717) is 38.3 Å². The van der Waals surface area contributed by atoms with E-state index in [4.69, 9.17) is 0 Å². The van der Waals surface area contributed by atoms with E-state index in [9.17, 15) is 18.4 Å². The van der Waals surface area contributed by atoms with Gasteiger partial charge in [0, 0.05) is 49.4 Å². The van der Waals surface area contributed by atoms with Gasteiger partial charge >= 0.3 is 6.03 Å². The molecule has 2 saturated heterocycles. The molecule has 7 nitrogen and oxygen atoms in total. The zero-order valence-electron chi connectivity index (χ0n) is 25.1. The number of amides is 2. The van der Waals surface area contributed by atoms with Crippen molar-refractivity contribution in [3.8, 4) is 11.3 Å². The number of rotatable bonds is 5. The van der Waals surface area contributed by atoms with Gasteiger partial charge in [0.1, 0.15) is 11.6 Å². The Bertz CT molecular complexity index is 1540. The van der Waals surface area contributed by atoms with Gasteiger partial charge in [0.25, 0.3) is 5.56 Å². The highest BCUT2D eigenvalue weighted by atomic mass is 19.1. The van der Waals surface area contributed by atoms with Crippen molar-refractivity contribution in [2.45, 2.75) is 70.5 Å². The summed E-state index contributed by atoms with van der Waals surface area (Å²) in [5.74, 6) is -0.744. The zero-order chi connectivity index (χ0) is 30.1. The topological polar surface area (TPSA) is 70.5 Å². The molecule has 1 aromatic heterocycles. The molecule has 1 saturated carbocycles. The molecule has 0 bridgehead atoms. The summed E-state index contributed by atoms with van der Waals surface area (Å²) in [4.78, 5) is 35.7. The Morgan fingerprint density at radius 1 is 1.07 bits per heavy atom. The Morgan fingerprint density at radius 3 is 2.60 bits per heavy atom. The van der Waals surface area contributed by atoms with E-state index < -0.39 is 17.7 Å². The first kappa shape index (κ1) is 29.5. The predicted molar refractivity (Wildman–Crippen MR) is 163 cm³/mol. The first-order chi connectivity index (χ1) is 20.8.